The van der Waals surface area contributed by atoms with E-state index in [0.717, 1.165) is 17.1 Å². The average molecular weight is 247 g/mol. The van der Waals surface area contributed by atoms with E-state index in [1.54, 1.807) is 16.9 Å². The maximum Gasteiger partial charge on any atom is 0.126 e. The number of aryl methyl sites for hydroxylation is 1. The van der Waals surface area contributed by atoms with Crippen LogP contribution in [0.2, 0.25) is 0 Å². The first kappa shape index (κ1) is 11.5. The van der Waals surface area contributed by atoms with E-state index in [-0.39, 0.29) is 0 Å². The Morgan fingerprint density at radius 1 is 1.53 bits per heavy atom. The van der Waals surface area contributed by atoms with Crippen LogP contribution < -0.4 is 11.1 Å². The number of nitrogens with two attached hydrogens (primary N) is 1. The zero-order chi connectivity index (χ0) is 12.3. The Labute approximate surface area is 105 Å². The topological polar surface area (TPSA) is 68.8 Å². The monoisotopic (exact) mass is 247 g/mol. The molecule has 0 spiro atoms. The summed E-state index contributed by atoms with van der Waals surface area (Å²) in [5.74, 6) is 0.737. The largest absolute Gasteiger partial charge is 0.389 e. The predicted molar refractivity (Wildman–Crippen MR) is 70.7 cm³/mol. The zero-order valence-electron chi connectivity index (χ0n) is 9.42. The number of thiocarbonyl (C=S) groups is 1. The van der Waals surface area contributed by atoms with Crippen LogP contribution in [0.1, 0.15) is 11.3 Å². The van der Waals surface area contributed by atoms with Gasteiger partial charge in [-0.15, -0.1) is 0 Å². The molecule has 0 radical (unpaired) electrons. The second-order valence-electron chi connectivity index (χ2n) is 3.63. The van der Waals surface area contributed by atoms with Gasteiger partial charge in [0.15, 0.2) is 0 Å². The Balaban J connectivity index is 2.04. The SMILES string of the molecule is Cn1ccc(CNc2cc(C(N)=S)ccn2)n1. The molecule has 2 rings (SSSR count). The standard InChI is InChI=1S/C11H13N5S/c1-16-5-3-9(15-16)7-14-10-6-8(11(12)17)2-4-13-10/h2-6H,7H2,1H3,(H2,12,17)(H,13,14). The number of nitrogens with zero attached hydrogens (tertiary/aromatic N) is 3. The minimum Gasteiger partial charge on any atom is -0.389 e. The molecular formula is C11H13N5S. The summed E-state index contributed by atoms with van der Waals surface area (Å²) in [6.07, 6.45) is 3.57. The summed E-state index contributed by atoms with van der Waals surface area (Å²) in [6.45, 7) is 0.620. The Morgan fingerprint density at radius 2 is 2.35 bits per heavy atom. The van der Waals surface area contributed by atoms with Crippen molar-refractivity contribution in [1.29, 1.82) is 0 Å². The lowest BCUT2D eigenvalue weighted by Gasteiger charge is -2.05. The van der Waals surface area contributed by atoms with Crippen LogP contribution in [0.5, 0.6) is 0 Å². The second kappa shape index (κ2) is 4.92. The third kappa shape index (κ3) is 3.01. The molecule has 0 bridgehead atoms. The Hall–Kier alpha value is -1.95. The number of pyridine rings is 1. The predicted octanol–water partition coefficient (Wildman–Crippen LogP) is 1.06. The minimum atomic E-state index is 0.369. The van der Waals surface area contributed by atoms with Crippen molar-refractivity contribution in [3.05, 3.63) is 41.9 Å². The molecule has 0 unspecified atom stereocenters. The molecule has 0 saturated heterocycles. The van der Waals surface area contributed by atoms with Gasteiger partial charge in [0.1, 0.15) is 10.8 Å². The maximum absolute atomic E-state index is 5.55. The van der Waals surface area contributed by atoms with E-state index in [1.807, 2.05) is 25.4 Å². The van der Waals surface area contributed by atoms with Crippen LogP contribution in [-0.2, 0) is 13.6 Å². The van der Waals surface area contributed by atoms with E-state index >= 15 is 0 Å². The molecular weight excluding hydrogens is 234 g/mol. The Bertz CT molecular complexity index is 534. The van der Waals surface area contributed by atoms with Gasteiger partial charge >= 0.3 is 0 Å². The number of anilines is 1. The number of hydrogen-bond acceptors (Lipinski definition) is 4. The van der Waals surface area contributed by atoms with Gasteiger partial charge in [0, 0.05) is 25.0 Å². The summed E-state index contributed by atoms with van der Waals surface area (Å²) in [5.41, 5.74) is 7.31. The molecule has 0 aliphatic heterocycles. The molecule has 88 valence electrons. The quantitative estimate of drug-likeness (QED) is 0.791. The third-order valence-electron chi connectivity index (χ3n) is 2.26. The van der Waals surface area contributed by atoms with Crippen molar-refractivity contribution in [1.82, 2.24) is 14.8 Å². The van der Waals surface area contributed by atoms with E-state index < -0.39 is 0 Å². The highest BCUT2D eigenvalue weighted by molar-refractivity contribution is 7.80. The lowest BCUT2D eigenvalue weighted by molar-refractivity contribution is 0.747. The van der Waals surface area contributed by atoms with Gasteiger partial charge in [-0.2, -0.15) is 5.10 Å². The maximum atomic E-state index is 5.55. The first-order valence-corrected chi connectivity index (χ1v) is 5.54. The van der Waals surface area contributed by atoms with Crippen LogP contribution >= 0.6 is 12.2 Å². The molecule has 2 aromatic heterocycles. The van der Waals surface area contributed by atoms with E-state index in [9.17, 15) is 0 Å². The molecule has 2 aromatic rings. The highest BCUT2D eigenvalue weighted by Crippen LogP contribution is 2.08. The molecule has 0 aromatic carbocycles. The van der Waals surface area contributed by atoms with Crippen LogP contribution in [0.25, 0.3) is 0 Å². The molecule has 3 N–H and O–H groups in total. The summed E-state index contributed by atoms with van der Waals surface area (Å²) >= 11 is 4.91. The highest BCUT2D eigenvalue weighted by atomic mass is 32.1. The third-order valence-corrected chi connectivity index (χ3v) is 2.50. The summed E-state index contributed by atoms with van der Waals surface area (Å²) < 4.78 is 1.76. The van der Waals surface area contributed by atoms with Crippen molar-refractivity contribution in [3.8, 4) is 0 Å². The van der Waals surface area contributed by atoms with E-state index in [0.29, 0.717) is 11.5 Å². The van der Waals surface area contributed by atoms with Crippen molar-refractivity contribution in [2.24, 2.45) is 12.8 Å². The average Bonchev–Trinajstić information content (AvgIpc) is 2.73. The molecule has 0 amide bonds. The number of nitrogens with one attached hydrogen (secondary N) is 1. The van der Waals surface area contributed by atoms with Gasteiger partial charge in [0.2, 0.25) is 0 Å². The van der Waals surface area contributed by atoms with Crippen molar-refractivity contribution < 1.29 is 0 Å². The molecule has 17 heavy (non-hydrogen) atoms. The summed E-state index contributed by atoms with van der Waals surface area (Å²) in [4.78, 5) is 4.55. The summed E-state index contributed by atoms with van der Waals surface area (Å²) in [7, 11) is 1.88. The summed E-state index contributed by atoms with van der Waals surface area (Å²) in [5, 5.41) is 7.43. The molecule has 2 heterocycles. The van der Waals surface area contributed by atoms with Gasteiger partial charge in [0.25, 0.3) is 0 Å². The van der Waals surface area contributed by atoms with Gasteiger partial charge in [0.05, 0.1) is 12.2 Å². The van der Waals surface area contributed by atoms with Crippen molar-refractivity contribution in [2.75, 3.05) is 5.32 Å². The molecule has 0 atom stereocenters. The van der Waals surface area contributed by atoms with Crippen LogP contribution in [0.4, 0.5) is 5.82 Å². The molecule has 0 aliphatic carbocycles. The molecule has 6 heteroatoms. The van der Waals surface area contributed by atoms with E-state index in [1.165, 1.54) is 0 Å². The van der Waals surface area contributed by atoms with Gasteiger partial charge in [-0.05, 0) is 18.2 Å². The fourth-order valence-electron chi connectivity index (χ4n) is 1.42. The van der Waals surface area contributed by atoms with E-state index in [2.05, 4.69) is 15.4 Å². The second-order valence-corrected chi connectivity index (χ2v) is 4.07. The zero-order valence-corrected chi connectivity index (χ0v) is 10.2. The number of aromatic nitrogens is 3. The smallest absolute Gasteiger partial charge is 0.126 e. The molecule has 5 nitrogen and oxygen atoms in total. The lowest BCUT2D eigenvalue weighted by Crippen LogP contribution is -2.10. The Morgan fingerprint density at radius 3 is 3.00 bits per heavy atom. The first-order valence-electron chi connectivity index (χ1n) is 5.13. The van der Waals surface area contributed by atoms with Gasteiger partial charge in [-0.25, -0.2) is 4.98 Å². The van der Waals surface area contributed by atoms with Crippen molar-refractivity contribution in [2.45, 2.75) is 6.54 Å². The minimum absolute atomic E-state index is 0.369. The fraction of sp³-hybridized carbons (Fsp3) is 0.182. The van der Waals surface area contributed by atoms with Crippen LogP contribution in [0.15, 0.2) is 30.6 Å². The van der Waals surface area contributed by atoms with Crippen LogP contribution in [-0.4, -0.2) is 19.8 Å². The van der Waals surface area contributed by atoms with Crippen molar-refractivity contribution in [3.63, 3.8) is 0 Å². The first-order chi connectivity index (χ1) is 8.15. The number of rotatable bonds is 4. The molecule has 0 fully saturated rings. The molecule has 0 aliphatic rings. The number of hydrogen-bond donors (Lipinski definition) is 2. The van der Waals surface area contributed by atoms with E-state index in [4.69, 9.17) is 18.0 Å². The fourth-order valence-corrected chi connectivity index (χ4v) is 1.55. The van der Waals surface area contributed by atoms with Gasteiger partial charge < -0.3 is 11.1 Å². The van der Waals surface area contributed by atoms with Crippen LogP contribution in [0.3, 0.4) is 0 Å². The summed E-state index contributed by atoms with van der Waals surface area (Å²) in [6, 6.07) is 5.56. The Kier molecular flexibility index (Phi) is 3.34. The van der Waals surface area contributed by atoms with Gasteiger partial charge in [-0.1, -0.05) is 12.2 Å². The van der Waals surface area contributed by atoms with Crippen molar-refractivity contribution >= 4 is 23.0 Å². The lowest BCUT2D eigenvalue weighted by atomic mass is 10.2. The molecule has 0 saturated carbocycles. The normalized spacial score (nSPS) is 10.2. The van der Waals surface area contributed by atoms with Gasteiger partial charge in [-0.3, -0.25) is 4.68 Å². The van der Waals surface area contributed by atoms with Crippen LogP contribution in [0, 0.1) is 0 Å². The highest BCUT2D eigenvalue weighted by Gasteiger charge is 2.01.